The van der Waals surface area contributed by atoms with E-state index in [1.54, 1.807) is 6.92 Å². The van der Waals surface area contributed by atoms with Gasteiger partial charge in [0, 0.05) is 48.7 Å². The third-order valence-electron chi connectivity index (χ3n) is 6.91. The second-order valence-electron chi connectivity index (χ2n) is 9.46. The number of likely N-dealkylation sites (N-methyl/N-ethyl adjacent to an activating group) is 1. The second-order valence-corrected chi connectivity index (χ2v) is 9.46. The summed E-state index contributed by atoms with van der Waals surface area (Å²) in [4.78, 5) is 44.3. The molecule has 2 aromatic rings. The lowest BCUT2D eigenvalue weighted by Gasteiger charge is -2.40. The summed E-state index contributed by atoms with van der Waals surface area (Å²) >= 11 is 0. The molecule has 1 fully saturated rings. The number of amides is 3. The van der Waals surface area contributed by atoms with Crippen LogP contribution in [0.3, 0.4) is 0 Å². The Kier molecular flexibility index (Phi) is 7.14. The van der Waals surface area contributed by atoms with Crippen molar-refractivity contribution in [2.24, 2.45) is 5.92 Å². The van der Waals surface area contributed by atoms with E-state index in [4.69, 9.17) is 0 Å². The predicted octanol–water partition coefficient (Wildman–Crippen LogP) is 2.25. The number of H-pyrrole nitrogens is 1. The van der Waals surface area contributed by atoms with Crippen LogP contribution in [0, 0.1) is 5.92 Å². The number of urea groups is 1. The maximum absolute atomic E-state index is 13.5. The van der Waals surface area contributed by atoms with E-state index in [-0.39, 0.29) is 29.6 Å². The van der Waals surface area contributed by atoms with E-state index in [0.29, 0.717) is 45.2 Å². The number of fused-ring (bicyclic) bond motifs is 2. The first-order valence-corrected chi connectivity index (χ1v) is 12.0. The first kappa shape index (κ1) is 23.4. The Morgan fingerprint density at radius 1 is 1.21 bits per heavy atom. The van der Waals surface area contributed by atoms with E-state index in [1.807, 2.05) is 18.9 Å². The molecule has 3 atom stereocenters. The molecule has 33 heavy (non-hydrogen) atoms. The number of rotatable bonds is 8. The van der Waals surface area contributed by atoms with Gasteiger partial charge in [0.25, 0.3) is 0 Å². The van der Waals surface area contributed by atoms with Gasteiger partial charge in [0.15, 0.2) is 0 Å². The summed E-state index contributed by atoms with van der Waals surface area (Å²) in [5.41, 5.74) is 3.77. The lowest BCUT2D eigenvalue weighted by Crippen LogP contribution is -2.54. The van der Waals surface area contributed by atoms with Gasteiger partial charge in [-0.1, -0.05) is 12.1 Å². The largest absolute Gasteiger partial charge is 0.361 e. The number of carbonyl (C=O) groups is 3. The summed E-state index contributed by atoms with van der Waals surface area (Å²) < 4.78 is 0. The van der Waals surface area contributed by atoms with Crippen molar-refractivity contribution in [1.29, 1.82) is 0 Å². The SMILES string of the molecule is CCNC(=O)N(CCCN(C)CC(C)=O)C(=O)[C@H]1CN[C@@H]2Cc3c[nH]c4cccc(c34)[C@H]2C1. The van der Waals surface area contributed by atoms with Crippen LogP contribution in [0.15, 0.2) is 24.4 Å². The minimum Gasteiger partial charge on any atom is -0.361 e. The molecule has 1 aliphatic carbocycles. The van der Waals surface area contributed by atoms with Gasteiger partial charge in [0.1, 0.15) is 5.78 Å². The molecule has 2 aliphatic rings. The maximum atomic E-state index is 13.5. The van der Waals surface area contributed by atoms with Crippen LogP contribution in [0.4, 0.5) is 4.79 Å². The van der Waals surface area contributed by atoms with E-state index in [9.17, 15) is 14.4 Å². The molecule has 8 heteroatoms. The highest BCUT2D eigenvalue weighted by molar-refractivity contribution is 5.96. The van der Waals surface area contributed by atoms with Crippen molar-refractivity contribution in [3.05, 3.63) is 35.5 Å². The quantitative estimate of drug-likeness (QED) is 0.570. The van der Waals surface area contributed by atoms with E-state index in [2.05, 4.69) is 40.0 Å². The van der Waals surface area contributed by atoms with Gasteiger partial charge in [-0.15, -0.1) is 0 Å². The molecule has 1 saturated heterocycles. The lowest BCUT2D eigenvalue weighted by molar-refractivity contribution is -0.133. The van der Waals surface area contributed by atoms with Crippen LogP contribution in [0.5, 0.6) is 0 Å². The number of nitrogens with zero attached hydrogens (tertiary/aromatic N) is 2. The van der Waals surface area contributed by atoms with Crippen LogP contribution in [0.1, 0.15) is 43.7 Å². The monoisotopic (exact) mass is 453 g/mol. The number of aromatic nitrogens is 1. The molecule has 8 nitrogen and oxygen atoms in total. The third-order valence-corrected chi connectivity index (χ3v) is 6.91. The van der Waals surface area contributed by atoms with Crippen molar-refractivity contribution in [1.82, 2.24) is 25.4 Å². The number of benzene rings is 1. The minimum absolute atomic E-state index is 0.102. The zero-order chi connectivity index (χ0) is 23.5. The molecule has 178 valence electrons. The minimum atomic E-state index is -0.336. The van der Waals surface area contributed by atoms with Crippen molar-refractivity contribution >= 4 is 28.6 Å². The average Bonchev–Trinajstić information content (AvgIpc) is 3.20. The number of hydrogen-bond acceptors (Lipinski definition) is 5. The van der Waals surface area contributed by atoms with Crippen LogP contribution >= 0.6 is 0 Å². The summed E-state index contributed by atoms with van der Waals surface area (Å²) in [5.74, 6) is -0.0183. The molecule has 0 unspecified atom stereocenters. The van der Waals surface area contributed by atoms with Gasteiger partial charge in [0.2, 0.25) is 5.91 Å². The molecular formula is C25H35N5O3. The lowest BCUT2D eigenvalue weighted by atomic mass is 9.73. The molecule has 0 saturated carbocycles. The van der Waals surface area contributed by atoms with Gasteiger partial charge >= 0.3 is 6.03 Å². The summed E-state index contributed by atoms with van der Waals surface area (Å²) in [6.07, 6.45) is 4.42. The topological polar surface area (TPSA) is 97.5 Å². The summed E-state index contributed by atoms with van der Waals surface area (Å²) in [5, 5.41) is 7.69. The summed E-state index contributed by atoms with van der Waals surface area (Å²) in [6, 6.07) is 6.32. The fraction of sp³-hybridized carbons (Fsp3) is 0.560. The smallest absolute Gasteiger partial charge is 0.324 e. The zero-order valence-electron chi connectivity index (χ0n) is 19.8. The fourth-order valence-corrected chi connectivity index (χ4v) is 5.47. The molecule has 1 aromatic carbocycles. The Morgan fingerprint density at radius 2 is 2.03 bits per heavy atom. The number of imide groups is 1. The molecule has 1 aromatic heterocycles. The van der Waals surface area contributed by atoms with E-state index >= 15 is 0 Å². The molecule has 1 aliphatic heterocycles. The highest BCUT2D eigenvalue weighted by Crippen LogP contribution is 2.42. The van der Waals surface area contributed by atoms with Crippen molar-refractivity contribution in [3.8, 4) is 0 Å². The van der Waals surface area contributed by atoms with Gasteiger partial charge in [-0.25, -0.2) is 4.79 Å². The molecule has 0 radical (unpaired) electrons. The van der Waals surface area contributed by atoms with Gasteiger partial charge < -0.3 is 15.6 Å². The summed E-state index contributed by atoms with van der Waals surface area (Å²) in [7, 11) is 1.88. The Hall–Kier alpha value is -2.71. The molecule has 2 heterocycles. The highest BCUT2D eigenvalue weighted by atomic mass is 16.2. The predicted molar refractivity (Wildman–Crippen MR) is 128 cm³/mol. The third kappa shape index (κ3) is 4.96. The van der Waals surface area contributed by atoms with Crippen LogP contribution in [-0.4, -0.2) is 78.3 Å². The Bertz CT molecular complexity index is 1030. The Balaban J connectivity index is 1.47. The number of hydrogen-bond donors (Lipinski definition) is 3. The molecule has 0 spiro atoms. The van der Waals surface area contributed by atoms with Gasteiger partial charge in [0.05, 0.1) is 12.5 Å². The standard InChI is InChI=1S/C25H35N5O3/c1-4-26-25(33)30(10-6-9-29(3)15-16(2)31)24(32)18-11-20-19-7-5-8-21-23(19)17(13-27-21)12-22(20)28-14-18/h5,7-8,13,18,20,22,27-28H,4,6,9-12,14-15H2,1-3H3,(H,26,33)/t18-,20-,22-/m1/s1. The van der Waals surface area contributed by atoms with E-state index in [1.165, 1.54) is 21.4 Å². The fourth-order valence-electron chi connectivity index (χ4n) is 5.47. The van der Waals surface area contributed by atoms with Gasteiger partial charge in [-0.2, -0.15) is 0 Å². The molecule has 0 bridgehead atoms. The highest BCUT2D eigenvalue weighted by Gasteiger charge is 2.40. The second kappa shape index (κ2) is 10.1. The van der Waals surface area contributed by atoms with Gasteiger partial charge in [-0.3, -0.25) is 19.4 Å². The van der Waals surface area contributed by atoms with Crippen LogP contribution in [0.25, 0.3) is 10.9 Å². The first-order chi connectivity index (χ1) is 15.9. The van der Waals surface area contributed by atoms with Crippen molar-refractivity contribution in [2.45, 2.75) is 45.1 Å². The van der Waals surface area contributed by atoms with E-state index < -0.39 is 0 Å². The van der Waals surface area contributed by atoms with Crippen molar-refractivity contribution < 1.29 is 14.4 Å². The number of carbonyl (C=O) groups excluding carboxylic acids is 3. The van der Waals surface area contributed by atoms with Crippen molar-refractivity contribution in [2.75, 3.05) is 39.8 Å². The van der Waals surface area contributed by atoms with Crippen LogP contribution < -0.4 is 10.6 Å². The number of ketones is 1. The zero-order valence-corrected chi connectivity index (χ0v) is 19.8. The number of nitrogens with one attached hydrogen (secondary N) is 3. The molecular weight excluding hydrogens is 418 g/mol. The Morgan fingerprint density at radius 3 is 2.79 bits per heavy atom. The number of Topliss-reactive ketones (excluding diaryl/α,β-unsaturated/α-hetero) is 1. The van der Waals surface area contributed by atoms with Crippen molar-refractivity contribution in [3.63, 3.8) is 0 Å². The maximum Gasteiger partial charge on any atom is 0.324 e. The first-order valence-electron chi connectivity index (χ1n) is 12.0. The van der Waals surface area contributed by atoms with Crippen LogP contribution in [-0.2, 0) is 16.0 Å². The number of aromatic amines is 1. The molecule has 3 N–H and O–H groups in total. The summed E-state index contributed by atoms with van der Waals surface area (Å²) in [6.45, 7) is 5.83. The normalized spacial score (nSPS) is 21.6. The number of piperidine rings is 1. The van der Waals surface area contributed by atoms with Crippen LogP contribution in [0.2, 0.25) is 0 Å². The molecule has 3 amide bonds. The average molecular weight is 454 g/mol. The van der Waals surface area contributed by atoms with Gasteiger partial charge in [-0.05, 0) is 63.9 Å². The molecule has 4 rings (SSSR count). The van der Waals surface area contributed by atoms with E-state index in [0.717, 1.165) is 18.4 Å². The Labute approximate surface area is 195 Å².